The largest absolute Gasteiger partial charge is 0.573 e. The minimum atomic E-state index is -4.82. The van der Waals surface area contributed by atoms with Crippen LogP contribution in [0.1, 0.15) is 18.4 Å². The zero-order valence-corrected chi connectivity index (χ0v) is 15.2. The first kappa shape index (κ1) is 20.7. The van der Waals surface area contributed by atoms with E-state index in [0.29, 0.717) is 5.56 Å². The Morgan fingerprint density at radius 2 is 1.62 bits per heavy atom. The molecule has 0 saturated heterocycles. The maximum absolute atomic E-state index is 12.2. The van der Waals surface area contributed by atoms with E-state index in [9.17, 15) is 27.9 Å². The second-order valence-electron chi connectivity index (χ2n) is 6.77. The average molecular weight is 408 g/mol. The molecule has 1 atom stereocenters. The molecular formula is C20H19F3N2O4. The lowest BCUT2D eigenvalue weighted by molar-refractivity contribution is -0.274. The van der Waals surface area contributed by atoms with Gasteiger partial charge in [0.25, 0.3) is 0 Å². The third-order valence-corrected chi connectivity index (χ3v) is 4.60. The number of alkyl halides is 3. The zero-order valence-electron chi connectivity index (χ0n) is 15.2. The van der Waals surface area contributed by atoms with E-state index in [4.69, 9.17) is 0 Å². The summed E-state index contributed by atoms with van der Waals surface area (Å²) in [6.45, 7) is -0.133. The summed E-state index contributed by atoms with van der Waals surface area (Å²) in [7, 11) is 0. The van der Waals surface area contributed by atoms with Crippen LogP contribution in [0.4, 0.5) is 18.9 Å². The van der Waals surface area contributed by atoms with E-state index in [-0.39, 0.29) is 18.2 Å². The Morgan fingerprint density at radius 1 is 1.00 bits per heavy atom. The van der Waals surface area contributed by atoms with E-state index in [2.05, 4.69) is 15.4 Å². The van der Waals surface area contributed by atoms with Crippen LogP contribution >= 0.6 is 0 Å². The van der Waals surface area contributed by atoms with Gasteiger partial charge in [-0.2, -0.15) is 0 Å². The monoisotopic (exact) mass is 408 g/mol. The SMILES string of the molecule is O=C(NC[C@@](O)(c1ccccc1)C1CC1)C(=O)Nc1ccc(OC(F)(F)F)cc1. The molecule has 29 heavy (non-hydrogen) atoms. The van der Waals surface area contributed by atoms with E-state index in [1.54, 1.807) is 24.3 Å². The standard InChI is InChI=1S/C20H19F3N2O4/c21-20(22,23)29-16-10-8-15(9-11-16)25-18(27)17(26)24-12-19(28,14-6-7-14)13-4-2-1-3-5-13/h1-5,8-11,14,28H,6-7,12H2,(H,24,26)(H,25,27)/t19-/m1/s1. The molecule has 0 spiro atoms. The molecule has 1 aliphatic rings. The first-order valence-electron chi connectivity index (χ1n) is 8.90. The lowest BCUT2D eigenvalue weighted by atomic mass is 9.88. The number of hydrogen-bond donors (Lipinski definition) is 3. The predicted octanol–water partition coefficient (Wildman–Crippen LogP) is 2.94. The summed E-state index contributed by atoms with van der Waals surface area (Å²) in [6, 6.07) is 13.3. The Hall–Kier alpha value is -3.07. The number of carbonyl (C=O) groups excluding carboxylic acids is 2. The van der Waals surface area contributed by atoms with Gasteiger partial charge in [-0.15, -0.1) is 13.2 Å². The van der Waals surface area contributed by atoms with E-state index in [0.717, 1.165) is 25.0 Å². The molecular weight excluding hydrogens is 389 g/mol. The molecule has 0 unspecified atom stereocenters. The minimum absolute atomic E-state index is 0.00515. The van der Waals surface area contributed by atoms with Gasteiger partial charge < -0.3 is 20.5 Å². The Kier molecular flexibility index (Phi) is 5.78. The molecule has 2 aromatic rings. The number of hydrogen-bond acceptors (Lipinski definition) is 4. The lowest BCUT2D eigenvalue weighted by Gasteiger charge is -2.29. The fraction of sp³-hybridized carbons (Fsp3) is 0.300. The van der Waals surface area contributed by atoms with Gasteiger partial charge in [-0.25, -0.2) is 0 Å². The van der Waals surface area contributed by atoms with Crippen molar-refractivity contribution in [1.82, 2.24) is 5.32 Å². The van der Waals surface area contributed by atoms with Gasteiger partial charge in [-0.05, 0) is 48.6 Å². The highest BCUT2D eigenvalue weighted by Gasteiger charge is 2.45. The Bertz CT molecular complexity index is 868. The number of benzene rings is 2. The number of ether oxygens (including phenoxy) is 1. The summed E-state index contributed by atoms with van der Waals surface area (Å²) < 4.78 is 40.2. The topological polar surface area (TPSA) is 87.7 Å². The molecule has 1 fully saturated rings. The Morgan fingerprint density at radius 3 is 2.17 bits per heavy atom. The van der Waals surface area contributed by atoms with Crippen LogP contribution in [0, 0.1) is 5.92 Å². The number of amides is 2. The summed E-state index contributed by atoms with van der Waals surface area (Å²) in [5.74, 6) is -2.41. The van der Waals surface area contributed by atoms with Gasteiger partial charge in [0.05, 0.1) is 6.54 Å². The molecule has 2 aromatic carbocycles. The van der Waals surface area contributed by atoms with Gasteiger partial charge in [0.2, 0.25) is 0 Å². The van der Waals surface area contributed by atoms with Crippen LogP contribution in [0.25, 0.3) is 0 Å². The molecule has 0 radical (unpaired) electrons. The highest BCUT2D eigenvalue weighted by Crippen LogP contribution is 2.45. The fourth-order valence-corrected chi connectivity index (χ4v) is 2.99. The van der Waals surface area contributed by atoms with Gasteiger partial charge in [0, 0.05) is 5.69 Å². The van der Waals surface area contributed by atoms with E-state index < -0.39 is 29.5 Å². The fourth-order valence-electron chi connectivity index (χ4n) is 2.99. The third kappa shape index (κ3) is 5.47. The zero-order chi connectivity index (χ0) is 21.1. The van der Waals surface area contributed by atoms with Crippen molar-refractivity contribution < 1.29 is 32.6 Å². The number of carbonyl (C=O) groups is 2. The molecule has 6 nitrogen and oxygen atoms in total. The van der Waals surface area contributed by atoms with Gasteiger partial charge in [-0.1, -0.05) is 30.3 Å². The van der Waals surface area contributed by atoms with Crippen LogP contribution < -0.4 is 15.4 Å². The Balaban J connectivity index is 1.57. The number of anilines is 1. The van der Waals surface area contributed by atoms with Crippen LogP contribution in [0.2, 0.25) is 0 Å². The second kappa shape index (κ2) is 8.12. The molecule has 1 aliphatic carbocycles. The summed E-state index contributed by atoms with van der Waals surface area (Å²) >= 11 is 0. The predicted molar refractivity (Wildman–Crippen MR) is 97.8 cm³/mol. The molecule has 2 amide bonds. The van der Waals surface area contributed by atoms with E-state index >= 15 is 0 Å². The van der Waals surface area contributed by atoms with Crippen molar-refractivity contribution in [2.75, 3.05) is 11.9 Å². The van der Waals surface area contributed by atoms with Crippen molar-refractivity contribution in [3.8, 4) is 5.75 Å². The molecule has 9 heteroatoms. The van der Waals surface area contributed by atoms with Crippen molar-refractivity contribution in [2.24, 2.45) is 5.92 Å². The summed E-state index contributed by atoms with van der Waals surface area (Å²) in [5.41, 5.74) is -0.489. The van der Waals surface area contributed by atoms with E-state index in [1.165, 1.54) is 12.1 Å². The normalized spacial score (nSPS) is 15.9. The van der Waals surface area contributed by atoms with Gasteiger partial charge in [-0.3, -0.25) is 9.59 Å². The lowest BCUT2D eigenvalue weighted by Crippen LogP contribution is -2.45. The molecule has 0 aromatic heterocycles. The second-order valence-corrected chi connectivity index (χ2v) is 6.77. The Labute approximate surface area is 164 Å². The summed E-state index contributed by atoms with van der Waals surface area (Å²) in [5, 5.41) is 15.7. The molecule has 154 valence electrons. The van der Waals surface area contributed by atoms with E-state index in [1.807, 2.05) is 6.07 Å². The highest BCUT2D eigenvalue weighted by atomic mass is 19.4. The minimum Gasteiger partial charge on any atom is -0.406 e. The maximum atomic E-state index is 12.2. The van der Waals surface area contributed by atoms with Crippen LogP contribution in [-0.4, -0.2) is 29.8 Å². The molecule has 0 aliphatic heterocycles. The van der Waals surface area contributed by atoms with Crippen molar-refractivity contribution in [3.63, 3.8) is 0 Å². The first-order valence-corrected chi connectivity index (χ1v) is 8.90. The summed E-state index contributed by atoms with van der Waals surface area (Å²) in [6.07, 6.45) is -3.18. The van der Waals surface area contributed by atoms with Crippen molar-refractivity contribution in [3.05, 3.63) is 60.2 Å². The van der Waals surface area contributed by atoms with Crippen LogP contribution in [-0.2, 0) is 15.2 Å². The number of aliphatic hydroxyl groups is 1. The van der Waals surface area contributed by atoms with Gasteiger partial charge in [0.1, 0.15) is 11.4 Å². The molecule has 3 rings (SSSR count). The van der Waals surface area contributed by atoms with Crippen molar-refractivity contribution in [2.45, 2.75) is 24.8 Å². The molecule has 3 N–H and O–H groups in total. The number of halogens is 3. The molecule has 0 heterocycles. The van der Waals surface area contributed by atoms with Crippen molar-refractivity contribution >= 4 is 17.5 Å². The smallest absolute Gasteiger partial charge is 0.406 e. The third-order valence-electron chi connectivity index (χ3n) is 4.60. The van der Waals surface area contributed by atoms with Crippen LogP contribution in [0.15, 0.2) is 54.6 Å². The molecule has 0 bridgehead atoms. The van der Waals surface area contributed by atoms with Crippen LogP contribution in [0.3, 0.4) is 0 Å². The maximum Gasteiger partial charge on any atom is 0.573 e. The van der Waals surface area contributed by atoms with Gasteiger partial charge >= 0.3 is 18.2 Å². The van der Waals surface area contributed by atoms with Crippen molar-refractivity contribution in [1.29, 1.82) is 0 Å². The average Bonchev–Trinajstić information content (AvgIpc) is 3.52. The van der Waals surface area contributed by atoms with Gasteiger partial charge in [0.15, 0.2) is 0 Å². The summed E-state index contributed by atoms with van der Waals surface area (Å²) in [4.78, 5) is 24.2. The quantitative estimate of drug-likeness (QED) is 0.642. The molecule has 1 saturated carbocycles. The van der Waals surface area contributed by atoms with Crippen LogP contribution in [0.5, 0.6) is 5.75 Å². The number of rotatable bonds is 6. The first-order chi connectivity index (χ1) is 13.7. The number of nitrogens with one attached hydrogen (secondary N) is 2. The highest BCUT2D eigenvalue weighted by molar-refractivity contribution is 6.39.